The Morgan fingerprint density at radius 2 is 1.91 bits per heavy atom. The number of pyridine rings is 1. The number of rotatable bonds is 4. The molecule has 2 aliphatic rings. The molecule has 2 atom stereocenters. The van der Waals surface area contributed by atoms with Gasteiger partial charge in [-0.25, -0.2) is 0 Å². The van der Waals surface area contributed by atoms with Gasteiger partial charge in [-0.3, -0.25) is 14.7 Å². The van der Waals surface area contributed by atoms with Crippen molar-refractivity contribution in [3.05, 3.63) is 36.0 Å². The van der Waals surface area contributed by atoms with E-state index in [1.54, 1.807) is 18.2 Å². The van der Waals surface area contributed by atoms with Gasteiger partial charge in [0.1, 0.15) is 5.52 Å². The van der Waals surface area contributed by atoms with Gasteiger partial charge in [-0.15, -0.1) is 13.2 Å². The Balaban J connectivity index is 1.54. The topological polar surface area (TPSA) is 48.9 Å². The zero-order valence-electron chi connectivity index (χ0n) is 18.4. The molecular weight excluding hydrogens is 421 g/mol. The maximum absolute atomic E-state index is 13.1. The van der Waals surface area contributed by atoms with Gasteiger partial charge in [0.05, 0.1) is 6.54 Å². The Labute approximate surface area is 185 Å². The quantitative estimate of drug-likeness (QED) is 0.715. The minimum absolute atomic E-state index is 0.0295. The molecule has 32 heavy (non-hydrogen) atoms. The summed E-state index contributed by atoms with van der Waals surface area (Å²) in [7, 11) is 2.08. The third-order valence-corrected chi connectivity index (χ3v) is 6.40. The van der Waals surface area contributed by atoms with E-state index in [2.05, 4.69) is 33.5 Å². The van der Waals surface area contributed by atoms with E-state index in [4.69, 9.17) is 0 Å². The van der Waals surface area contributed by atoms with Crippen LogP contribution >= 0.6 is 0 Å². The number of alkyl halides is 3. The lowest BCUT2D eigenvalue weighted by Crippen LogP contribution is -2.51. The number of carbonyl (C=O) groups is 1. The second-order valence-electron chi connectivity index (χ2n) is 9.02. The average Bonchev–Trinajstić information content (AvgIpc) is 2.74. The second-order valence-corrected chi connectivity index (χ2v) is 9.02. The summed E-state index contributed by atoms with van der Waals surface area (Å²) < 4.78 is 42.7. The highest BCUT2D eigenvalue weighted by Crippen LogP contribution is 2.38. The van der Waals surface area contributed by atoms with Gasteiger partial charge in [-0.2, -0.15) is 0 Å². The Morgan fingerprint density at radius 3 is 2.62 bits per heavy atom. The smallest absolute Gasteiger partial charge is 0.403 e. The molecule has 2 unspecified atom stereocenters. The van der Waals surface area contributed by atoms with E-state index in [1.807, 2.05) is 4.90 Å². The second kappa shape index (κ2) is 9.23. The molecule has 0 N–H and O–H groups in total. The van der Waals surface area contributed by atoms with Crippen LogP contribution in [0.3, 0.4) is 0 Å². The van der Waals surface area contributed by atoms with E-state index >= 15 is 0 Å². The summed E-state index contributed by atoms with van der Waals surface area (Å²) in [5.74, 6) is 0.138. The number of benzene rings is 1. The predicted molar refractivity (Wildman–Crippen MR) is 115 cm³/mol. The number of likely N-dealkylation sites (tertiary alicyclic amines) is 1. The van der Waals surface area contributed by atoms with Crippen LogP contribution in [0, 0.1) is 5.92 Å². The number of fused-ring (bicyclic) bond motifs is 1. The molecule has 0 spiro atoms. The number of piperazine rings is 1. The van der Waals surface area contributed by atoms with Crippen LogP contribution in [0.2, 0.25) is 0 Å². The van der Waals surface area contributed by atoms with E-state index in [0.29, 0.717) is 30.9 Å². The number of carbonyl (C=O) groups excluding carboxylic acids is 1. The number of nitrogens with zero attached hydrogens (tertiary/aromatic N) is 4. The molecular formula is C23H29F3N4O2. The highest BCUT2D eigenvalue weighted by Gasteiger charge is 2.34. The predicted octanol–water partition coefficient (Wildman–Crippen LogP) is 3.33. The van der Waals surface area contributed by atoms with Crippen molar-refractivity contribution < 1.29 is 22.7 Å². The Hall–Kier alpha value is -2.39. The first kappa shape index (κ1) is 22.8. The molecule has 9 heteroatoms. The summed E-state index contributed by atoms with van der Waals surface area (Å²) in [6.45, 7) is 7.46. The van der Waals surface area contributed by atoms with Crippen LogP contribution < -0.4 is 4.74 Å². The van der Waals surface area contributed by atoms with Crippen LogP contribution in [-0.2, 0) is 4.79 Å². The standard InChI is InChI=1S/C23H29F3N4O2/c1-16-12-17(14-30(13-16)21(31)15-29-10-8-28(2)9-11-29)18-5-6-20(32-23(24,25)26)22-19(18)4-3-7-27-22/h3-7,16-17H,8-15H2,1-2H3. The Kier molecular flexibility index (Phi) is 6.57. The molecule has 3 heterocycles. The van der Waals surface area contributed by atoms with Gasteiger partial charge in [-0.1, -0.05) is 19.1 Å². The maximum Gasteiger partial charge on any atom is 0.573 e. The van der Waals surface area contributed by atoms with E-state index in [1.165, 1.54) is 12.3 Å². The lowest BCUT2D eigenvalue weighted by atomic mass is 9.83. The number of ether oxygens (including phenoxy) is 1. The van der Waals surface area contributed by atoms with Crippen molar-refractivity contribution in [2.75, 3.05) is 52.9 Å². The minimum Gasteiger partial charge on any atom is -0.403 e. The van der Waals surface area contributed by atoms with Crippen molar-refractivity contribution in [1.82, 2.24) is 19.7 Å². The van der Waals surface area contributed by atoms with E-state index in [9.17, 15) is 18.0 Å². The molecule has 2 saturated heterocycles. The summed E-state index contributed by atoms with van der Waals surface area (Å²) in [4.78, 5) is 23.6. The first-order valence-electron chi connectivity index (χ1n) is 11.0. The Morgan fingerprint density at radius 1 is 1.16 bits per heavy atom. The van der Waals surface area contributed by atoms with Crippen molar-refractivity contribution in [1.29, 1.82) is 0 Å². The van der Waals surface area contributed by atoms with Gasteiger partial charge < -0.3 is 14.5 Å². The fourth-order valence-corrected chi connectivity index (χ4v) is 4.81. The molecule has 2 fully saturated rings. The molecule has 4 rings (SSSR count). The minimum atomic E-state index is -4.78. The average molecular weight is 451 g/mol. The van der Waals surface area contributed by atoms with Gasteiger partial charge in [-0.05, 0) is 37.1 Å². The number of halogens is 3. The summed E-state index contributed by atoms with van der Waals surface area (Å²) in [5.41, 5.74) is 1.10. The fraction of sp³-hybridized carbons (Fsp3) is 0.565. The molecule has 2 aliphatic heterocycles. The van der Waals surface area contributed by atoms with Crippen molar-refractivity contribution >= 4 is 16.8 Å². The summed E-state index contributed by atoms with van der Waals surface area (Å²) in [6, 6.07) is 6.52. The van der Waals surface area contributed by atoms with E-state index in [0.717, 1.165) is 38.2 Å². The number of piperidine rings is 1. The lowest BCUT2D eigenvalue weighted by Gasteiger charge is -2.39. The molecule has 1 aromatic heterocycles. The first-order valence-corrected chi connectivity index (χ1v) is 11.0. The fourth-order valence-electron chi connectivity index (χ4n) is 4.81. The van der Waals surface area contributed by atoms with Gasteiger partial charge >= 0.3 is 6.36 Å². The highest BCUT2D eigenvalue weighted by atomic mass is 19.4. The summed E-state index contributed by atoms with van der Waals surface area (Å²) >= 11 is 0. The zero-order chi connectivity index (χ0) is 22.9. The molecule has 0 saturated carbocycles. The number of aromatic nitrogens is 1. The van der Waals surface area contributed by atoms with Crippen molar-refractivity contribution in [2.24, 2.45) is 5.92 Å². The number of amides is 1. The van der Waals surface area contributed by atoms with Crippen LogP contribution in [0.15, 0.2) is 30.5 Å². The van der Waals surface area contributed by atoms with Gasteiger partial charge in [0.25, 0.3) is 0 Å². The summed E-state index contributed by atoms with van der Waals surface area (Å²) in [6.07, 6.45) is -2.45. The molecule has 1 amide bonds. The van der Waals surface area contributed by atoms with Gasteiger partial charge in [0, 0.05) is 56.8 Å². The Bertz CT molecular complexity index is 960. The highest BCUT2D eigenvalue weighted by molar-refractivity contribution is 5.88. The normalized spacial score (nSPS) is 23.5. The van der Waals surface area contributed by atoms with Crippen LogP contribution in [0.4, 0.5) is 13.2 Å². The molecule has 0 radical (unpaired) electrons. The van der Waals surface area contributed by atoms with E-state index < -0.39 is 6.36 Å². The van der Waals surface area contributed by atoms with Crippen LogP contribution in [0.5, 0.6) is 5.75 Å². The van der Waals surface area contributed by atoms with Crippen molar-refractivity contribution in [3.8, 4) is 5.75 Å². The number of hydrogen-bond donors (Lipinski definition) is 0. The van der Waals surface area contributed by atoms with E-state index in [-0.39, 0.29) is 23.1 Å². The largest absolute Gasteiger partial charge is 0.573 e. The molecule has 0 aliphatic carbocycles. The van der Waals surface area contributed by atoms with Crippen LogP contribution in [-0.4, -0.2) is 84.8 Å². The first-order chi connectivity index (χ1) is 15.2. The third-order valence-electron chi connectivity index (χ3n) is 6.40. The zero-order valence-corrected chi connectivity index (χ0v) is 18.4. The monoisotopic (exact) mass is 450 g/mol. The maximum atomic E-state index is 13.1. The van der Waals surface area contributed by atoms with Gasteiger partial charge in [0.2, 0.25) is 5.91 Å². The molecule has 6 nitrogen and oxygen atoms in total. The molecule has 2 aromatic rings. The number of hydrogen-bond acceptors (Lipinski definition) is 5. The van der Waals surface area contributed by atoms with Crippen molar-refractivity contribution in [3.63, 3.8) is 0 Å². The summed E-state index contributed by atoms with van der Waals surface area (Å²) in [5, 5.41) is 0.639. The van der Waals surface area contributed by atoms with Crippen molar-refractivity contribution in [2.45, 2.75) is 25.6 Å². The third kappa shape index (κ3) is 5.32. The van der Waals surface area contributed by atoms with Crippen LogP contribution in [0.25, 0.3) is 10.9 Å². The molecule has 0 bridgehead atoms. The number of likely N-dealkylation sites (N-methyl/N-ethyl adjacent to an activating group) is 1. The molecule has 174 valence electrons. The van der Waals surface area contributed by atoms with Crippen LogP contribution in [0.1, 0.15) is 24.8 Å². The molecule has 1 aromatic carbocycles. The van der Waals surface area contributed by atoms with Gasteiger partial charge in [0.15, 0.2) is 5.75 Å². The lowest BCUT2D eigenvalue weighted by molar-refractivity contribution is -0.274. The SMILES string of the molecule is CC1CC(c2ccc(OC(F)(F)F)c3ncccc23)CN(C(=O)CN2CCN(C)CC2)C1.